The minimum Gasteiger partial charge on any atom is -0.496 e. The fourth-order valence-electron chi connectivity index (χ4n) is 4.65. The summed E-state index contributed by atoms with van der Waals surface area (Å²) in [5.41, 5.74) is 0.188. The Balaban J connectivity index is 1.77. The van der Waals surface area contributed by atoms with Crippen molar-refractivity contribution in [2.24, 2.45) is 11.3 Å². The van der Waals surface area contributed by atoms with Crippen LogP contribution >= 0.6 is 0 Å². The number of aromatic nitrogens is 1. The number of methoxy groups -OCH3 is 1. The first kappa shape index (κ1) is 27.0. The van der Waals surface area contributed by atoms with Gasteiger partial charge >= 0.3 is 5.97 Å². The largest absolute Gasteiger partial charge is 0.496 e. The predicted octanol–water partition coefficient (Wildman–Crippen LogP) is 2.59. The molecule has 0 aliphatic carbocycles. The number of carbonyl (C=O) groups excluding carboxylic acids is 3. The molecule has 1 aromatic carbocycles. The first-order chi connectivity index (χ1) is 16.7. The molecule has 10 heteroatoms. The predicted molar refractivity (Wildman–Crippen MR) is 135 cm³/mol. The Labute approximate surface area is 210 Å². The van der Waals surface area contributed by atoms with E-state index in [1.807, 2.05) is 40.7 Å². The molecule has 1 aromatic heterocycles. The lowest BCUT2D eigenvalue weighted by Gasteiger charge is -2.27. The molecule has 0 saturated carbocycles. The minimum atomic E-state index is -1.26. The van der Waals surface area contributed by atoms with E-state index in [9.17, 15) is 24.3 Å². The van der Waals surface area contributed by atoms with Gasteiger partial charge in [-0.3, -0.25) is 14.4 Å². The van der Waals surface area contributed by atoms with Crippen molar-refractivity contribution >= 4 is 34.6 Å². The number of carbonyl (C=O) groups is 4. The maximum absolute atomic E-state index is 13.2. The van der Waals surface area contributed by atoms with E-state index in [0.29, 0.717) is 17.7 Å². The Morgan fingerprint density at radius 1 is 1.19 bits per heavy atom. The number of ether oxygens (including phenoxy) is 1. The van der Waals surface area contributed by atoms with Gasteiger partial charge in [0.2, 0.25) is 11.8 Å². The van der Waals surface area contributed by atoms with E-state index >= 15 is 0 Å². The molecule has 5 N–H and O–H groups in total. The number of carboxylic acids is 1. The number of carboxylic acid groups (broad SMARTS) is 1. The number of fused-ring (bicyclic) bond motifs is 1. The van der Waals surface area contributed by atoms with Crippen LogP contribution in [0.4, 0.5) is 0 Å². The van der Waals surface area contributed by atoms with Crippen LogP contribution in [0.5, 0.6) is 5.75 Å². The third kappa shape index (κ3) is 6.56. The van der Waals surface area contributed by atoms with Gasteiger partial charge in [-0.1, -0.05) is 26.8 Å². The summed E-state index contributed by atoms with van der Waals surface area (Å²) in [5.74, 6) is -2.49. The lowest BCUT2D eigenvalue weighted by molar-refractivity contribution is -0.143. The molecule has 3 amide bonds. The smallest absolute Gasteiger partial charge is 0.326 e. The van der Waals surface area contributed by atoms with E-state index in [-0.39, 0.29) is 29.9 Å². The third-order valence-electron chi connectivity index (χ3n) is 6.25. The zero-order chi connectivity index (χ0) is 26.8. The molecule has 0 bridgehead atoms. The quantitative estimate of drug-likeness (QED) is 0.357. The summed E-state index contributed by atoms with van der Waals surface area (Å²) >= 11 is 0. The first-order valence-electron chi connectivity index (χ1n) is 12.0. The monoisotopic (exact) mass is 500 g/mol. The summed E-state index contributed by atoms with van der Waals surface area (Å²) in [6.45, 7) is 9.51. The van der Waals surface area contributed by atoms with E-state index in [2.05, 4.69) is 20.9 Å². The molecule has 2 heterocycles. The Morgan fingerprint density at radius 2 is 1.89 bits per heavy atom. The van der Waals surface area contributed by atoms with Gasteiger partial charge < -0.3 is 30.8 Å². The van der Waals surface area contributed by atoms with Crippen LogP contribution < -0.4 is 20.7 Å². The topological polar surface area (TPSA) is 150 Å². The summed E-state index contributed by atoms with van der Waals surface area (Å²) in [5, 5.41) is 18.6. The molecule has 2 aromatic rings. The summed E-state index contributed by atoms with van der Waals surface area (Å²) in [6.07, 6.45) is 0.712. The van der Waals surface area contributed by atoms with Crippen molar-refractivity contribution in [1.82, 2.24) is 20.9 Å². The van der Waals surface area contributed by atoms with Gasteiger partial charge in [0.1, 0.15) is 23.5 Å². The van der Waals surface area contributed by atoms with Gasteiger partial charge in [0.15, 0.2) is 0 Å². The van der Waals surface area contributed by atoms with Crippen molar-refractivity contribution in [3.63, 3.8) is 0 Å². The van der Waals surface area contributed by atoms with Crippen LogP contribution in [0.25, 0.3) is 10.9 Å². The zero-order valence-corrected chi connectivity index (χ0v) is 21.7. The van der Waals surface area contributed by atoms with Crippen molar-refractivity contribution in [2.75, 3.05) is 7.11 Å². The van der Waals surface area contributed by atoms with Crippen LogP contribution in [0, 0.1) is 11.3 Å². The van der Waals surface area contributed by atoms with Gasteiger partial charge in [-0.15, -0.1) is 0 Å². The summed E-state index contributed by atoms with van der Waals surface area (Å²) < 4.78 is 5.35. The van der Waals surface area contributed by atoms with Crippen LogP contribution in [0.2, 0.25) is 0 Å². The Kier molecular flexibility index (Phi) is 7.66. The molecule has 1 fully saturated rings. The Bertz CT molecular complexity index is 1160. The Hall–Kier alpha value is -3.56. The SMILES string of the molecule is COc1cccc2[nH]c(C(=O)NC(CC(C)(C)C)C(=O)NC(C[C@@H]3CC(C)(C)NC3=O)C(=O)O)cc12. The van der Waals surface area contributed by atoms with Crippen LogP contribution in [0.3, 0.4) is 0 Å². The number of rotatable bonds is 9. The van der Waals surface area contributed by atoms with Gasteiger partial charge in [-0.2, -0.15) is 0 Å². The average Bonchev–Trinajstić information content (AvgIpc) is 3.31. The number of nitrogens with one attached hydrogen (secondary N) is 4. The zero-order valence-electron chi connectivity index (χ0n) is 21.7. The van der Waals surface area contributed by atoms with E-state index in [0.717, 1.165) is 5.39 Å². The normalized spacial score (nSPS) is 18.8. The van der Waals surface area contributed by atoms with E-state index < -0.39 is 41.3 Å². The van der Waals surface area contributed by atoms with Gasteiger partial charge in [-0.25, -0.2) is 4.79 Å². The number of aliphatic carboxylic acids is 1. The average molecular weight is 501 g/mol. The summed E-state index contributed by atoms with van der Waals surface area (Å²) in [6, 6.07) is 4.79. The molecule has 3 rings (SSSR count). The highest BCUT2D eigenvalue weighted by molar-refractivity contribution is 6.01. The Morgan fingerprint density at radius 3 is 2.44 bits per heavy atom. The van der Waals surface area contributed by atoms with Crippen LogP contribution in [0.1, 0.15) is 64.4 Å². The molecular formula is C26H36N4O6. The molecule has 196 valence electrons. The highest BCUT2D eigenvalue weighted by Gasteiger charge is 2.40. The van der Waals surface area contributed by atoms with Crippen LogP contribution in [0.15, 0.2) is 24.3 Å². The highest BCUT2D eigenvalue weighted by atomic mass is 16.5. The molecular weight excluding hydrogens is 464 g/mol. The van der Waals surface area contributed by atoms with Crippen molar-refractivity contribution in [3.8, 4) is 5.75 Å². The fraction of sp³-hybridized carbons (Fsp3) is 0.538. The highest BCUT2D eigenvalue weighted by Crippen LogP contribution is 2.29. The van der Waals surface area contributed by atoms with Crippen molar-refractivity contribution in [3.05, 3.63) is 30.0 Å². The van der Waals surface area contributed by atoms with Gasteiger partial charge in [-0.05, 0) is 56.7 Å². The summed E-state index contributed by atoms with van der Waals surface area (Å²) in [7, 11) is 1.54. The number of hydrogen-bond donors (Lipinski definition) is 5. The van der Waals surface area contributed by atoms with Crippen molar-refractivity contribution in [2.45, 2.75) is 71.5 Å². The summed E-state index contributed by atoms with van der Waals surface area (Å²) in [4.78, 5) is 53.6. The lowest BCUT2D eigenvalue weighted by atomic mass is 9.87. The van der Waals surface area contributed by atoms with E-state index in [4.69, 9.17) is 4.74 Å². The van der Waals surface area contributed by atoms with Crippen LogP contribution in [-0.2, 0) is 14.4 Å². The molecule has 10 nitrogen and oxygen atoms in total. The van der Waals surface area contributed by atoms with Crippen LogP contribution in [-0.4, -0.2) is 58.5 Å². The number of H-pyrrole nitrogens is 1. The second-order valence-electron chi connectivity index (χ2n) is 11.3. The molecule has 1 aliphatic heterocycles. The number of amides is 3. The number of benzene rings is 1. The van der Waals surface area contributed by atoms with E-state index in [1.165, 1.54) is 0 Å². The number of hydrogen-bond acceptors (Lipinski definition) is 5. The van der Waals surface area contributed by atoms with Crippen molar-refractivity contribution in [1.29, 1.82) is 0 Å². The van der Waals surface area contributed by atoms with Gasteiger partial charge in [0.05, 0.1) is 7.11 Å². The molecule has 36 heavy (non-hydrogen) atoms. The minimum absolute atomic E-state index is 0.0334. The molecule has 0 radical (unpaired) electrons. The maximum atomic E-state index is 13.2. The second kappa shape index (κ2) is 10.2. The molecule has 1 saturated heterocycles. The van der Waals surface area contributed by atoms with Crippen molar-refractivity contribution < 1.29 is 29.0 Å². The second-order valence-corrected chi connectivity index (χ2v) is 11.3. The molecule has 3 atom stereocenters. The third-order valence-corrected chi connectivity index (χ3v) is 6.25. The molecule has 0 spiro atoms. The van der Waals surface area contributed by atoms with Gasteiger partial charge in [0.25, 0.3) is 5.91 Å². The maximum Gasteiger partial charge on any atom is 0.326 e. The molecule has 2 unspecified atom stereocenters. The molecule has 1 aliphatic rings. The number of aromatic amines is 1. The fourth-order valence-corrected chi connectivity index (χ4v) is 4.65. The van der Waals surface area contributed by atoms with E-state index in [1.54, 1.807) is 25.3 Å². The van der Waals surface area contributed by atoms with Gasteiger partial charge in [0, 0.05) is 22.4 Å². The lowest BCUT2D eigenvalue weighted by Crippen LogP contribution is -2.53. The standard InChI is InChI=1S/C26H36N4O6/c1-25(2,3)13-19(29-22(32)17-11-15-16(27-17)8-7-9-20(15)36-6)23(33)28-18(24(34)35)10-14-12-26(4,5)30-21(14)31/h7-9,11,14,18-19,27H,10,12-13H2,1-6H3,(H,28,33)(H,29,32)(H,30,31)(H,34,35)/t14-,18?,19?/m1/s1. The first-order valence-corrected chi connectivity index (χ1v) is 12.0.